The molecule has 0 radical (unpaired) electrons. The third-order valence-corrected chi connectivity index (χ3v) is 7.76. The summed E-state index contributed by atoms with van der Waals surface area (Å²) in [6.45, 7) is 0. The van der Waals surface area contributed by atoms with E-state index in [4.69, 9.17) is 15.0 Å². The molecular weight excluding hydrogens is 531 g/mol. The second-order valence-electron chi connectivity index (χ2n) is 10.4. The molecule has 3 aromatic heterocycles. The van der Waals surface area contributed by atoms with Crippen LogP contribution in [0.15, 0.2) is 127 Å². The second kappa shape index (κ2) is 10.7. The predicted octanol–water partition coefficient (Wildman–Crippen LogP) is 8.14. The molecule has 0 spiro atoms. The molecule has 0 atom stereocenters. The SMILES string of the molecule is Fc1ccc(C2c3cccc(n3)C(c3ccc(F)cc3)c3cccc(n3)C(c3ccc(F)cc3)c3cccc2n3)cc1. The van der Waals surface area contributed by atoms with Crippen LogP contribution in [0.5, 0.6) is 0 Å². The molecule has 4 heterocycles. The zero-order chi connectivity index (χ0) is 28.6. The molecule has 0 amide bonds. The lowest BCUT2D eigenvalue weighted by atomic mass is 9.86. The summed E-state index contributed by atoms with van der Waals surface area (Å²) in [7, 11) is 0. The van der Waals surface area contributed by atoms with Crippen LogP contribution in [0.4, 0.5) is 13.2 Å². The van der Waals surface area contributed by atoms with E-state index in [0.29, 0.717) is 0 Å². The molecular formula is C36H24F3N3. The maximum Gasteiger partial charge on any atom is 0.123 e. The molecule has 0 aliphatic carbocycles. The Morgan fingerprint density at radius 3 is 0.738 bits per heavy atom. The van der Waals surface area contributed by atoms with Gasteiger partial charge in [0.05, 0.1) is 51.9 Å². The first-order valence-electron chi connectivity index (χ1n) is 13.7. The molecule has 1 aliphatic rings. The van der Waals surface area contributed by atoms with Crippen molar-refractivity contribution in [2.24, 2.45) is 0 Å². The Hall–Kier alpha value is -5.10. The fourth-order valence-corrected chi connectivity index (χ4v) is 5.82. The maximum absolute atomic E-state index is 14.0. The van der Waals surface area contributed by atoms with Crippen LogP contribution in [0.2, 0.25) is 0 Å². The summed E-state index contributed by atoms with van der Waals surface area (Å²) in [6.07, 6.45) is 0. The lowest BCUT2D eigenvalue weighted by Crippen LogP contribution is -2.17. The quantitative estimate of drug-likeness (QED) is 0.221. The van der Waals surface area contributed by atoms with Crippen molar-refractivity contribution in [2.75, 3.05) is 0 Å². The summed E-state index contributed by atoms with van der Waals surface area (Å²) in [5.74, 6) is -2.15. The van der Waals surface area contributed by atoms with Gasteiger partial charge in [-0.3, -0.25) is 15.0 Å². The highest BCUT2D eigenvalue weighted by Crippen LogP contribution is 2.38. The van der Waals surface area contributed by atoms with E-state index in [-0.39, 0.29) is 35.2 Å². The standard InChI is InChI=1S/C36H24F3N3/c37-25-16-10-22(11-17-25)34-28-4-1-5-29(40-28)35(23-12-18-26(38)19-13-23)31-7-3-9-33(42-31)36(24-14-20-27(39)21-15-24)32-8-2-6-30(34)41-32/h1-21,34-36H. The topological polar surface area (TPSA) is 38.7 Å². The van der Waals surface area contributed by atoms with E-state index in [9.17, 15) is 13.2 Å². The summed E-state index contributed by atoms with van der Waals surface area (Å²) in [5, 5.41) is 0. The number of nitrogens with zero attached hydrogens (tertiary/aromatic N) is 3. The van der Waals surface area contributed by atoms with Crippen molar-refractivity contribution in [2.45, 2.75) is 17.8 Å². The molecule has 3 nitrogen and oxygen atoms in total. The molecule has 7 rings (SSSR count). The number of fused-ring (bicyclic) bond motifs is 6. The fraction of sp³-hybridized carbons (Fsp3) is 0.0833. The van der Waals surface area contributed by atoms with E-state index in [1.54, 1.807) is 36.4 Å². The monoisotopic (exact) mass is 555 g/mol. The summed E-state index contributed by atoms with van der Waals surface area (Å²) in [6, 6.07) is 36.7. The van der Waals surface area contributed by atoms with Gasteiger partial charge in [0.1, 0.15) is 17.5 Å². The van der Waals surface area contributed by atoms with E-state index in [1.807, 2.05) is 54.6 Å². The van der Waals surface area contributed by atoms with Crippen molar-refractivity contribution in [3.63, 3.8) is 0 Å². The smallest absolute Gasteiger partial charge is 0.123 e. The van der Waals surface area contributed by atoms with Gasteiger partial charge in [0.25, 0.3) is 0 Å². The average Bonchev–Trinajstić information content (AvgIpc) is 3.01. The van der Waals surface area contributed by atoms with Crippen LogP contribution in [0.25, 0.3) is 0 Å². The summed E-state index contributed by atoms with van der Waals surface area (Å²) >= 11 is 0. The minimum atomic E-state index is -0.390. The Balaban J connectivity index is 1.53. The second-order valence-corrected chi connectivity index (χ2v) is 10.4. The molecule has 204 valence electrons. The molecule has 0 N–H and O–H groups in total. The van der Waals surface area contributed by atoms with Gasteiger partial charge >= 0.3 is 0 Å². The number of hydrogen-bond donors (Lipinski definition) is 0. The van der Waals surface area contributed by atoms with Crippen LogP contribution in [0.3, 0.4) is 0 Å². The number of halogens is 3. The Bertz CT molecular complexity index is 1590. The lowest BCUT2D eigenvalue weighted by Gasteiger charge is -2.25. The minimum absolute atomic E-state index is 0.326. The number of aromatic nitrogens is 3. The predicted molar refractivity (Wildman–Crippen MR) is 155 cm³/mol. The first kappa shape index (κ1) is 25.8. The highest BCUT2D eigenvalue weighted by atomic mass is 19.1. The van der Waals surface area contributed by atoms with E-state index in [0.717, 1.165) is 50.9 Å². The Kier molecular flexibility index (Phi) is 6.59. The normalized spacial score (nSPS) is 17.6. The van der Waals surface area contributed by atoms with Crippen molar-refractivity contribution in [3.05, 3.63) is 196 Å². The number of benzene rings is 3. The number of hydrogen-bond acceptors (Lipinski definition) is 3. The van der Waals surface area contributed by atoms with E-state index >= 15 is 0 Å². The van der Waals surface area contributed by atoms with Crippen molar-refractivity contribution in [3.8, 4) is 0 Å². The number of rotatable bonds is 3. The molecule has 6 aromatic rings. The van der Waals surface area contributed by atoms with Crippen LogP contribution in [-0.2, 0) is 0 Å². The summed E-state index contributed by atoms with van der Waals surface area (Å²) in [4.78, 5) is 15.5. The zero-order valence-corrected chi connectivity index (χ0v) is 22.3. The molecule has 1 aliphatic heterocycles. The Morgan fingerprint density at radius 1 is 0.310 bits per heavy atom. The lowest BCUT2D eigenvalue weighted by molar-refractivity contribution is 0.626. The molecule has 0 saturated carbocycles. The first-order valence-corrected chi connectivity index (χ1v) is 13.7. The van der Waals surface area contributed by atoms with Gasteiger partial charge in [0.15, 0.2) is 0 Å². The average molecular weight is 556 g/mol. The third kappa shape index (κ3) is 4.85. The third-order valence-electron chi connectivity index (χ3n) is 7.76. The largest absolute Gasteiger partial charge is 0.256 e. The van der Waals surface area contributed by atoms with Gasteiger partial charge in [-0.25, -0.2) is 13.2 Å². The molecule has 0 unspecified atom stereocenters. The van der Waals surface area contributed by atoms with Crippen LogP contribution < -0.4 is 0 Å². The van der Waals surface area contributed by atoms with Crippen LogP contribution in [-0.4, -0.2) is 15.0 Å². The highest BCUT2D eigenvalue weighted by Gasteiger charge is 2.28. The Morgan fingerprint density at radius 2 is 0.524 bits per heavy atom. The highest BCUT2D eigenvalue weighted by molar-refractivity contribution is 5.46. The van der Waals surface area contributed by atoms with Crippen molar-refractivity contribution in [1.29, 1.82) is 0 Å². The van der Waals surface area contributed by atoms with Crippen molar-refractivity contribution >= 4 is 0 Å². The maximum atomic E-state index is 14.0. The van der Waals surface area contributed by atoms with Gasteiger partial charge < -0.3 is 0 Å². The summed E-state index contributed by atoms with van der Waals surface area (Å²) < 4.78 is 42.0. The van der Waals surface area contributed by atoms with Gasteiger partial charge in [-0.15, -0.1) is 0 Å². The minimum Gasteiger partial charge on any atom is -0.256 e. The van der Waals surface area contributed by atoms with Gasteiger partial charge in [0, 0.05) is 0 Å². The van der Waals surface area contributed by atoms with Crippen LogP contribution >= 0.6 is 0 Å². The molecule has 6 heteroatoms. The van der Waals surface area contributed by atoms with Crippen molar-refractivity contribution in [1.82, 2.24) is 15.0 Å². The zero-order valence-electron chi connectivity index (χ0n) is 22.3. The molecule has 3 aromatic carbocycles. The van der Waals surface area contributed by atoms with Crippen LogP contribution in [0.1, 0.15) is 68.6 Å². The van der Waals surface area contributed by atoms with Gasteiger partial charge in [-0.2, -0.15) is 0 Å². The van der Waals surface area contributed by atoms with Crippen LogP contribution in [0, 0.1) is 17.5 Å². The van der Waals surface area contributed by atoms with Gasteiger partial charge in [-0.1, -0.05) is 54.6 Å². The van der Waals surface area contributed by atoms with Gasteiger partial charge in [0.2, 0.25) is 0 Å². The fourth-order valence-electron chi connectivity index (χ4n) is 5.82. The molecule has 0 saturated heterocycles. The van der Waals surface area contributed by atoms with E-state index < -0.39 is 0 Å². The molecule has 0 fully saturated rings. The first-order chi connectivity index (χ1) is 20.5. The van der Waals surface area contributed by atoms with Crippen molar-refractivity contribution < 1.29 is 13.2 Å². The van der Waals surface area contributed by atoms with E-state index in [2.05, 4.69) is 0 Å². The molecule has 42 heavy (non-hydrogen) atoms. The van der Waals surface area contributed by atoms with E-state index in [1.165, 1.54) is 36.4 Å². The number of pyridine rings is 3. The summed E-state index contributed by atoms with van der Waals surface area (Å²) in [5.41, 5.74) is 6.98. The Labute approximate surface area is 241 Å². The molecule has 6 bridgehead atoms. The van der Waals surface area contributed by atoms with Gasteiger partial charge in [-0.05, 0) is 89.5 Å².